The monoisotopic (exact) mass is 226 g/mol. The standard InChI is InChI=1S/C13H26N2O/c14-7-2-8-15(13-3-1-4-13)11-12-5-9-16-10-6-12/h12-13H,1-11,14H2. The molecule has 0 aromatic heterocycles. The summed E-state index contributed by atoms with van der Waals surface area (Å²) in [6.07, 6.45) is 7.91. The summed E-state index contributed by atoms with van der Waals surface area (Å²) in [5.41, 5.74) is 5.62. The first-order valence-corrected chi connectivity index (χ1v) is 6.92. The average molecular weight is 226 g/mol. The van der Waals surface area contributed by atoms with Gasteiger partial charge in [-0.15, -0.1) is 0 Å². The zero-order chi connectivity index (χ0) is 11.2. The molecule has 0 aromatic carbocycles. The zero-order valence-electron chi connectivity index (χ0n) is 10.4. The third kappa shape index (κ3) is 3.44. The molecule has 1 saturated carbocycles. The number of hydrogen-bond acceptors (Lipinski definition) is 3. The summed E-state index contributed by atoms with van der Waals surface area (Å²) in [6, 6.07) is 0.870. The molecule has 3 heteroatoms. The van der Waals surface area contributed by atoms with Crippen LogP contribution in [-0.2, 0) is 4.74 Å². The van der Waals surface area contributed by atoms with Crippen LogP contribution in [0.2, 0.25) is 0 Å². The predicted octanol–water partition coefficient (Wildman–Crippen LogP) is 1.62. The van der Waals surface area contributed by atoms with Crippen molar-refractivity contribution < 1.29 is 4.74 Å². The van der Waals surface area contributed by atoms with Crippen molar-refractivity contribution in [1.82, 2.24) is 4.90 Å². The molecule has 0 bridgehead atoms. The predicted molar refractivity (Wildman–Crippen MR) is 66.4 cm³/mol. The Morgan fingerprint density at radius 2 is 1.88 bits per heavy atom. The number of nitrogens with zero attached hydrogens (tertiary/aromatic N) is 1. The van der Waals surface area contributed by atoms with Gasteiger partial charge in [0, 0.05) is 25.8 Å². The number of ether oxygens (including phenoxy) is 1. The van der Waals surface area contributed by atoms with Crippen LogP contribution in [0.1, 0.15) is 38.5 Å². The molecule has 1 aliphatic carbocycles. The highest BCUT2D eigenvalue weighted by Crippen LogP contribution is 2.27. The molecule has 0 spiro atoms. The SMILES string of the molecule is NCCCN(CC1CCOCC1)C1CCC1. The molecule has 1 saturated heterocycles. The van der Waals surface area contributed by atoms with Crippen molar-refractivity contribution >= 4 is 0 Å². The van der Waals surface area contributed by atoms with Gasteiger partial charge in [0.05, 0.1) is 0 Å². The van der Waals surface area contributed by atoms with Crippen molar-refractivity contribution in [2.24, 2.45) is 11.7 Å². The van der Waals surface area contributed by atoms with E-state index in [1.807, 2.05) is 0 Å². The van der Waals surface area contributed by atoms with Gasteiger partial charge in [-0.05, 0) is 51.1 Å². The van der Waals surface area contributed by atoms with Crippen LogP contribution in [0.15, 0.2) is 0 Å². The fourth-order valence-electron chi connectivity index (χ4n) is 2.73. The van der Waals surface area contributed by atoms with Crippen molar-refractivity contribution in [3.8, 4) is 0 Å². The number of nitrogens with two attached hydrogens (primary N) is 1. The first-order valence-electron chi connectivity index (χ1n) is 6.92. The summed E-state index contributed by atoms with van der Waals surface area (Å²) in [5.74, 6) is 0.868. The molecule has 2 N–H and O–H groups in total. The van der Waals surface area contributed by atoms with Gasteiger partial charge < -0.3 is 15.4 Å². The highest BCUT2D eigenvalue weighted by Gasteiger charge is 2.27. The molecular formula is C13H26N2O. The molecule has 2 aliphatic rings. The van der Waals surface area contributed by atoms with E-state index < -0.39 is 0 Å². The van der Waals surface area contributed by atoms with E-state index in [1.165, 1.54) is 45.2 Å². The first-order chi connectivity index (χ1) is 7.90. The molecule has 1 aliphatic heterocycles. The molecule has 16 heavy (non-hydrogen) atoms. The fraction of sp³-hybridized carbons (Fsp3) is 1.00. The molecule has 0 radical (unpaired) electrons. The Morgan fingerprint density at radius 1 is 1.12 bits per heavy atom. The summed E-state index contributed by atoms with van der Waals surface area (Å²) in [7, 11) is 0. The van der Waals surface area contributed by atoms with Gasteiger partial charge >= 0.3 is 0 Å². The highest BCUT2D eigenvalue weighted by molar-refractivity contribution is 4.82. The molecule has 3 nitrogen and oxygen atoms in total. The third-order valence-electron chi connectivity index (χ3n) is 4.07. The van der Waals surface area contributed by atoms with Crippen molar-refractivity contribution in [3.63, 3.8) is 0 Å². The number of rotatable bonds is 6. The van der Waals surface area contributed by atoms with E-state index in [2.05, 4.69) is 4.90 Å². The fourth-order valence-corrected chi connectivity index (χ4v) is 2.73. The van der Waals surface area contributed by atoms with Crippen LogP contribution in [-0.4, -0.2) is 43.8 Å². The zero-order valence-corrected chi connectivity index (χ0v) is 10.4. The van der Waals surface area contributed by atoms with E-state index in [0.29, 0.717) is 0 Å². The second-order valence-corrected chi connectivity index (χ2v) is 5.28. The topological polar surface area (TPSA) is 38.5 Å². The molecule has 2 rings (SSSR count). The number of hydrogen-bond donors (Lipinski definition) is 1. The maximum Gasteiger partial charge on any atom is 0.0469 e. The Hall–Kier alpha value is -0.120. The van der Waals surface area contributed by atoms with E-state index >= 15 is 0 Å². The van der Waals surface area contributed by atoms with Gasteiger partial charge in [0.15, 0.2) is 0 Å². The lowest BCUT2D eigenvalue weighted by Crippen LogP contribution is -2.44. The van der Waals surface area contributed by atoms with Crippen LogP contribution in [0.4, 0.5) is 0 Å². The lowest BCUT2D eigenvalue weighted by atomic mass is 9.89. The second kappa shape index (κ2) is 6.58. The van der Waals surface area contributed by atoms with Gasteiger partial charge in [0.2, 0.25) is 0 Å². The third-order valence-corrected chi connectivity index (χ3v) is 4.07. The van der Waals surface area contributed by atoms with Crippen LogP contribution in [0.25, 0.3) is 0 Å². The van der Waals surface area contributed by atoms with Gasteiger partial charge in [0.1, 0.15) is 0 Å². The van der Waals surface area contributed by atoms with Crippen molar-refractivity contribution in [3.05, 3.63) is 0 Å². The molecule has 0 aromatic rings. The second-order valence-electron chi connectivity index (χ2n) is 5.28. The Kier molecular flexibility index (Phi) is 5.07. The summed E-state index contributed by atoms with van der Waals surface area (Å²) in [4.78, 5) is 2.70. The van der Waals surface area contributed by atoms with E-state index in [1.54, 1.807) is 0 Å². The summed E-state index contributed by atoms with van der Waals surface area (Å²) >= 11 is 0. The lowest BCUT2D eigenvalue weighted by Gasteiger charge is -2.40. The maximum atomic E-state index is 5.62. The molecule has 1 heterocycles. The molecule has 0 amide bonds. The van der Waals surface area contributed by atoms with Gasteiger partial charge in [0.25, 0.3) is 0 Å². The smallest absolute Gasteiger partial charge is 0.0469 e. The van der Waals surface area contributed by atoms with E-state index in [-0.39, 0.29) is 0 Å². The largest absolute Gasteiger partial charge is 0.381 e. The Morgan fingerprint density at radius 3 is 2.44 bits per heavy atom. The Bertz CT molecular complexity index is 188. The summed E-state index contributed by atoms with van der Waals surface area (Å²) < 4.78 is 5.42. The van der Waals surface area contributed by atoms with Gasteiger partial charge in [-0.25, -0.2) is 0 Å². The van der Waals surface area contributed by atoms with Crippen molar-refractivity contribution in [2.45, 2.75) is 44.6 Å². The Balaban J connectivity index is 1.75. The molecule has 0 unspecified atom stereocenters. The van der Waals surface area contributed by atoms with Crippen LogP contribution in [0.3, 0.4) is 0 Å². The Labute approximate surface area is 99.3 Å². The van der Waals surface area contributed by atoms with Crippen LogP contribution < -0.4 is 5.73 Å². The lowest BCUT2D eigenvalue weighted by molar-refractivity contribution is 0.0348. The average Bonchev–Trinajstić information content (AvgIpc) is 2.25. The minimum Gasteiger partial charge on any atom is -0.381 e. The minimum absolute atomic E-state index is 0.830. The summed E-state index contributed by atoms with van der Waals surface area (Å²) in [6.45, 7) is 5.27. The molecular weight excluding hydrogens is 200 g/mol. The van der Waals surface area contributed by atoms with Crippen molar-refractivity contribution in [2.75, 3.05) is 32.8 Å². The van der Waals surface area contributed by atoms with Crippen LogP contribution >= 0.6 is 0 Å². The summed E-state index contributed by atoms with van der Waals surface area (Å²) in [5, 5.41) is 0. The minimum atomic E-state index is 0.830. The van der Waals surface area contributed by atoms with E-state index in [0.717, 1.165) is 38.1 Å². The molecule has 0 atom stereocenters. The highest BCUT2D eigenvalue weighted by atomic mass is 16.5. The van der Waals surface area contributed by atoms with Gasteiger partial charge in [-0.2, -0.15) is 0 Å². The van der Waals surface area contributed by atoms with Crippen LogP contribution in [0, 0.1) is 5.92 Å². The first kappa shape index (κ1) is 12.3. The van der Waals surface area contributed by atoms with Crippen molar-refractivity contribution in [1.29, 1.82) is 0 Å². The normalized spacial score (nSPS) is 23.6. The van der Waals surface area contributed by atoms with E-state index in [4.69, 9.17) is 10.5 Å². The van der Waals surface area contributed by atoms with Crippen LogP contribution in [0.5, 0.6) is 0 Å². The van der Waals surface area contributed by atoms with Gasteiger partial charge in [-0.1, -0.05) is 6.42 Å². The maximum absolute atomic E-state index is 5.62. The van der Waals surface area contributed by atoms with Gasteiger partial charge in [-0.3, -0.25) is 0 Å². The van der Waals surface area contributed by atoms with E-state index in [9.17, 15) is 0 Å². The quantitative estimate of drug-likeness (QED) is 0.748. The molecule has 2 fully saturated rings. The molecule has 94 valence electrons.